The molecular formula is C18H22ClNO. The predicted molar refractivity (Wildman–Crippen MR) is 89.0 cm³/mol. The van der Waals surface area contributed by atoms with Gasteiger partial charge in [0, 0.05) is 6.04 Å². The molecule has 0 spiro atoms. The highest BCUT2D eigenvalue weighted by atomic mass is 35.5. The third-order valence-corrected chi connectivity index (χ3v) is 3.99. The van der Waals surface area contributed by atoms with E-state index in [0.717, 1.165) is 5.56 Å². The van der Waals surface area contributed by atoms with Crippen molar-refractivity contribution in [1.29, 1.82) is 0 Å². The Bertz CT molecular complexity index is 627. The van der Waals surface area contributed by atoms with Crippen LogP contribution in [-0.4, -0.2) is 0 Å². The highest BCUT2D eigenvalue weighted by molar-refractivity contribution is 6.32. The Labute approximate surface area is 131 Å². The van der Waals surface area contributed by atoms with Crippen molar-refractivity contribution in [2.75, 3.05) is 0 Å². The molecule has 2 rings (SSSR count). The number of ether oxygens (including phenoxy) is 1. The molecule has 2 nitrogen and oxygen atoms in total. The van der Waals surface area contributed by atoms with Crippen LogP contribution in [0, 0.1) is 20.8 Å². The van der Waals surface area contributed by atoms with Crippen LogP contribution in [0.1, 0.15) is 40.8 Å². The maximum atomic E-state index is 6.26. The largest absolute Gasteiger partial charge is 0.487 e. The molecule has 0 saturated heterocycles. The van der Waals surface area contributed by atoms with E-state index in [1.54, 1.807) is 0 Å². The van der Waals surface area contributed by atoms with Gasteiger partial charge in [0.2, 0.25) is 0 Å². The molecule has 0 aliphatic rings. The van der Waals surface area contributed by atoms with Crippen LogP contribution in [0.4, 0.5) is 0 Å². The number of hydrogen-bond donors (Lipinski definition) is 1. The summed E-state index contributed by atoms with van der Waals surface area (Å²) in [5, 5.41) is 0.604. The van der Waals surface area contributed by atoms with Gasteiger partial charge in [0.1, 0.15) is 12.4 Å². The van der Waals surface area contributed by atoms with Crippen LogP contribution in [0.15, 0.2) is 30.3 Å². The average Bonchev–Trinajstić information content (AvgIpc) is 2.38. The first-order valence-electron chi connectivity index (χ1n) is 7.13. The fourth-order valence-corrected chi connectivity index (χ4v) is 2.75. The lowest BCUT2D eigenvalue weighted by atomic mass is 10.0. The summed E-state index contributed by atoms with van der Waals surface area (Å²) in [4.78, 5) is 0. The summed E-state index contributed by atoms with van der Waals surface area (Å²) in [7, 11) is 0. The standard InChI is InChI=1S/C18H22ClNO/c1-11-7-12(2)16(13(3)8-11)10-21-18-6-5-15(14(4)20)9-17(18)19/h5-9,14H,10,20H2,1-4H3/t14-/m1/s1. The van der Waals surface area contributed by atoms with Gasteiger partial charge in [-0.3, -0.25) is 0 Å². The van der Waals surface area contributed by atoms with Crippen LogP contribution < -0.4 is 10.5 Å². The van der Waals surface area contributed by atoms with Gasteiger partial charge in [0.15, 0.2) is 0 Å². The first kappa shape index (κ1) is 15.9. The summed E-state index contributed by atoms with van der Waals surface area (Å²) in [5.41, 5.74) is 11.8. The van der Waals surface area contributed by atoms with Gasteiger partial charge < -0.3 is 10.5 Å². The van der Waals surface area contributed by atoms with E-state index in [0.29, 0.717) is 17.4 Å². The summed E-state index contributed by atoms with van der Waals surface area (Å²) in [6.07, 6.45) is 0. The second-order valence-corrected chi connectivity index (χ2v) is 6.05. The van der Waals surface area contributed by atoms with Gasteiger partial charge in [-0.15, -0.1) is 0 Å². The number of benzene rings is 2. The lowest BCUT2D eigenvalue weighted by molar-refractivity contribution is 0.304. The van der Waals surface area contributed by atoms with E-state index in [2.05, 4.69) is 32.9 Å². The first-order chi connectivity index (χ1) is 9.88. The van der Waals surface area contributed by atoms with Crippen LogP contribution in [0.2, 0.25) is 5.02 Å². The molecule has 0 radical (unpaired) electrons. The van der Waals surface area contributed by atoms with Crippen molar-refractivity contribution in [1.82, 2.24) is 0 Å². The van der Waals surface area contributed by atoms with E-state index in [1.165, 1.54) is 22.3 Å². The van der Waals surface area contributed by atoms with Gasteiger partial charge in [0.05, 0.1) is 5.02 Å². The number of hydrogen-bond acceptors (Lipinski definition) is 2. The maximum Gasteiger partial charge on any atom is 0.138 e. The zero-order valence-corrected chi connectivity index (χ0v) is 13.8. The summed E-state index contributed by atoms with van der Waals surface area (Å²) in [5.74, 6) is 0.695. The van der Waals surface area contributed by atoms with Gasteiger partial charge in [-0.25, -0.2) is 0 Å². The number of aryl methyl sites for hydroxylation is 3. The van der Waals surface area contributed by atoms with Crippen molar-refractivity contribution in [2.24, 2.45) is 5.73 Å². The molecule has 112 valence electrons. The molecule has 0 amide bonds. The van der Waals surface area contributed by atoms with Crippen LogP contribution >= 0.6 is 11.6 Å². The molecule has 2 aromatic rings. The molecule has 0 aromatic heterocycles. The highest BCUT2D eigenvalue weighted by Crippen LogP contribution is 2.29. The summed E-state index contributed by atoms with van der Waals surface area (Å²) >= 11 is 6.26. The Morgan fingerprint density at radius 2 is 1.71 bits per heavy atom. The zero-order valence-electron chi connectivity index (χ0n) is 13.0. The van der Waals surface area contributed by atoms with E-state index in [9.17, 15) is 0 Å². The van der Waals surface area contributed by atoms with Crippen molar-refractivity contribution in [3.63, 3.8) is 0 Å². The van der Waals surface area contributed by atoms with E-state index in [1.807, 2.05) is 25.1 Å². The third-order valence-electron chi connectivity index (χ3n) is 3.69. The topological polar surface area (TPSA) is 35.2 Å². The Morgan fingerprint density at radius 1 is 1.10 bits per heavy atom. The minimum Gasteiger partial charge on any atom is -0.487 e. The van der Waals surface area contributed by atoms with Crippen molar-refractivity contribution < 1.29 is 4.74 Å². The highest BCUT2D eigenvalue weighted by Gasteiger charge is 2.09. The smallest absolute Gasteiger partial charge is 0.138 e. The van der Waals surface area contributed by atoms with Gasteiger partial charge in [-0.05, 0) is 62.1 Å². The predicted octanol–water partition coefficient (Wildman–Crippen LogP) is 4.86. The monoisotopic (exact) mass is 303 g/mol. The Hall–Kier alpha value is -1.51. The maximum absolute atomic E-state index is 6.26. The van der Waals surface area contributed by atoms with Crippen LogP contribution in [-0.2, 0) is 6.61 Å². The fraction of sp³-hybridized carbons (Fsp3) is 0.333. The van der Waals surface area contributed by atoms with Gasteiger partial charge in [0.25, 0.3) is 0 Å². The normalized spacial score (nSPS) is 12.3. The van der Waals surface area contributed by atoms with E-state index in [-0.39, 0.29) is 6.04 Å². The minimum atomic E-state index is -0.0295. The van der Waals surface area contributed by atoms with Crippen LogP contribution in [0.25, 0.3) is 0 Å². The van der Waals surface area contributed by atoms with Crippen molar-refractivity contribution in [2.45, 2.75) is 40.3 Å². The third kappa shape index (κ3) is 3.78. The Kier molecular flexibility index (Phi) is 4.92. The van der Waals surface area contributed by atoms with E-state index in [4.69, 9.17) is 22.1 Å². The zero-order chi connectivity index (χ0) is 15.6. The number of rotatable bonds is 4. The summed E-state index contributed by atoms with van der Waals surface area (Å²) in [6, 6.07) is 10.0. The molecule has 2 aromatic carbocycles. The summed E-state index contributed by atoms with van der Waals surface area (Å²) < 4.78 is 5.89. The quantitative estimate of drug-likeness (QED) is 0.875. The molecule has 21 heavy (non-hydrogen) atoms. The van der Waals surface area contributed by atoms with Crippen LogP contribution in [0.5, 0.6) is 5.75 Å². The van der Waals surface area contributed by atoms with Gasteiger partial charge in [-0.1, -0.05) is 35.4 Å². The molecular weight excluding hydrogens is 282 g/mol. The van der Waals surface area contributed by atoms with E-state index < -0.39 is 0 Å². The molecule has 0 bridgehead atoms. The molecule has 2 N–H and O–H groups in total. The van der Waals surface area contributed by atoms with E-state index >= 15 is 0 Å². The molecule has 0 saturated carbocycles. The van der Waals surface area contributed by atoms with Crippen molar-refractivity contribution in [3.05, 3.63) is 63.2 Å². The average molecular weight is 304 g/mol. The molecule has 0 unspecified atom stereocenters. The Balaban J connectivity index is 2.17. The van der Waals surface area contributed by atoms with Gasteiger partial charge >= 0.3 is 0 Å². The second kappa shape index (κ2) is 6.50. The molecule has 0 aliphatic heterocycles. The number of halogens is 1. The molecule has 0 heterocycles. The van der Waals surface area contributed by atoms with Crippen molar-refractivity contribution in [3.8, 4) is 5.75 Å². The van der Waals surface area contributed by atoms with Crippen LogP contribution in [0.3, 0.4) is 0 Å². The Morgan fingerprint density at radius 3 is 2.24 bits per heavy atom. The molecule has 0 aliphatic carbocycles. The fourth-order valence-electron chi connectivity index (χ4n) is 2.50. The summed E-state index contributed by atoms with van der Waals surface area (Å²) in [6.45, 7) is 8.79. The molecule has 1 atom stereocenters. The second-order valence-electron chi connectivity index (χ2n) is 5.64. The molecule has 0 fully saturated rings. The SMILES string of the molecule is Cc1cc(C)c(COc2ccc([C@@H](C)N)cc2Cl)c(C)c1. The lowest BCUT2D eigenvalue weighted by Gasteiger charge is -2.14. The van der Waals surface area contributed by atoms with Gasteiger partial charge in [-0.2, -0.15) is 0 Å². The lowest BCUT2D eigenvalue weighted by Crippen LogP contribution is -2.05. The molecule has 3 heteroatoms. The number of nitrogens with two attached hydrogens (primary N) is 1. The van der Waals surface area contributed by atoms with Crippen molar-refractivity contribution >= 4 is 11.6 Å². The first-order valence-corrected chi connectivity index (χ1v) is 7.51. The minimum absolute atomic E-state index is 0.0295.